The third-order valence-corrected chi connectivity index (χ3v) is 4.43. The van der Waals surface area contributed by atoms with Gasteiger partial charge in [0.15, 0.2) is 0 Å². The molecule has 1 aromatic carbocycles. The lowest BCUT2D eigenvalue weighted by Gasteiger charge is -2.43. The molecular formula is C18H29NO2. The monoisotopic (exact) mass is 291 g/mol. The molecule has 0 spiro atoms. The molecule has 2 rings (SSSR count). The molecule has 1 unspecified atom stereocenters. The van der Waals surface area contributed by atoms with Gasteiger partial charge in [0.05, 0.1) is 11.6 Å². The first-order valence-electron chi connectivity index (χ1n) is 8.29. The number of aryl methyl sites for hydroxylation is 1. The maximum absolute atomic E-state index is 6.25. The average Bonchev–Trinajstić information content (AvgIpc) is 2.54. The number of hydrogen-bond acceptors (Lipinski definition) is 3. The van der Waals surface area contributed by atoms with Gasteiger partial charge < -0.3 is 14.8 Å². The largest absolute Gasteiger partial charge is 0.381 e. The number of rotatable bonds is 7. The number of nitrogens with one attached hydrogen (secondary N) is 1. The van der Waals surface area contributed by atoms with Crippen molar-refractivity contribution < 1.29 is 9.47 Å². The van der Waals surface area contributed by atoms with E-state index < -0.39 is 0 Å². The van der Waals surface area contributed by atoms with Crippen LogP contribution in [0.2, 0.25) is 0 Å². The molecule has 3 heteroatoms. The molecule has 1 aliphatic heterocycles. The van der Waals surface area contributed by atoms with Crippen LogP contribution in [0, 0.1) is 0 Å². The molecule has 0 aliphatic carbocycles. The van der Waals surface area contributed by atoms with Gasteiger partial charge in [0.2, 0.25) is 0 Å². The lowest BCUT2D eigenvalue weighted by atomic mass is 9.81. The third-order valence-electron chi connectivity index (χ3n) is 4.43. The van der Waals surface area contributed by atoms with Gasteiger partial charge in [-0.05, 0) is 31.0 Å². The second-order valence-corrected chi connectivity index (χ2v) is 5.70. The van der Waals surface area contributed by atoms with Crippen molar-refractivity contribution in [2.24, 2.45) is 0 Å². The van der Waals surface area contributed by atoms with Crippen LogP contribution >= 0.6 is 0 Å². The number of likely N-dealkylation sites (N-methyl/N-ethyl adjacent to an activating group) is 1. The Balaban J connectivity index is 2.29. The maximum atomic E-state index is 6.25. The fourth-order valence-corrected chi connectivity index (χ4v) is 3.28. The van der Waals surface area contributed by atoms with Crippen molar-refractivity contribution >= 4 is 0 Å². The Labute approximate surface area is 129 Å². The molecule has 0 saturated carbocycles. The van der Waals surface area contributed by atoms with Gasteiger partial charge in [-0.2, -0.15) is 0 Å². The van der Waals surface area contributed by atoms with Crippen LogP contribution in [0.25, 0.3) is 0 Å². The van der Waals surface area contributed by atoms with Gasteiger partial charge in [0.1, 0.15) is 0 Å². The fourth-order valence-electron chi connectivity index (χ4n) is 3.28. The Kier molecular flexibility index (Phi) is 6.22. The van der Waals surface area contributed by atoms with Gasteiger partial charge in [-0.15, -0.1) is 0 Å². The first kappa shape index (κ1) is 16.5. The summed E-state index contributed by atoms with van der Waals surface area (Å²) < 4.78 is 11.8. The Bertz CT molecular complexity index is 404. The van der Waals surface area contributed by atoms with Crippen LogP contribution in [0.15, 0.2) is 24.3 Å². The van der Waals surface area contributed by atoms with Crippen molar-refractivity contribution in [2.45, 2.75) is 51.7 Å². The second kappa shape index (κ2) is 7.92. The molecule has 0 amide bonds. The highest BCUT2D eigenvalue weighted by Gasteiger charge is 2.41. The zero-order chi connectivity index (χ0) is 15.1. The molecule has 3 nitrogen and oxygen atoms in total. The lowest BCUT2D eigenvalue weighted by Crippen LogP contribution is -2.50. The highest BCUT2D eigenvalue weighted by atomic mass is 16.5. The highest BCUT2D eigenvalue weighted by molar-refractivity contribution is 5.27. The zero-order valence-electron chi connectivity index (χ0n) is 13.7. The lowest BCUT2D eigenvalue weighted by molar-refractivity contribution is -0.127. The number of benzene rings is 1. The molecule has 21 heavy (non-hydrogen) atoms. The van der Waals surface area contributed by atoms with Crippen LogP contribution in [0.5, 0.6) is 0 Å². The van der Waals surface area contributed by atoms with Crippen molar-refractivity contribution in [1.82, 2.24) is 5.32 Å². The minimum atomic E-state index is -0.142. The van der Waals surface area contributed by atoms with E-state index in [0.29, 0.717) is 0 Å². The van der Waals surface area contributed by atoms with Crippen LogP contribution in [0.4, 0.5) is 0 Å². The van der Waals surface area contributed by atoms with Gasteiger partial charge in [-0.25, -0.2) is 0 Å². The van der Waals surface area contributed by atoms with E-state index in [1.807, 2.05) is 0 Å². The Hall–Kier alpha value is -0.900. The van der Waals surface area contributed by atoms with E-state index in [9.17, 15) is 0 Å². The average molecular weight is 291 g/mol. The minimum absolute atomic E-state index is 0.142. The molecule has 1 fully saturated rings. The topological polar surface area (TPSA) is 30.5 Å². The predicted molar refractivity (Wildman–Crippen MR) is 86.6 cm³/mol. The van der Waals surface area contributed by atoms with Gasteiger partial charge in [0, 0.05) is 32.7 Å². The fraction of sp³-hybridized carbons (Fsp3) is 0.667. The van der Waals surface area contributed by atoms with E-state index in [-0.39, 0.29) is 11.6 Å². The van der Waals surface area contributed by atoms with Crippen LogP contribution in [-0.2, 0) is 15.9 Å². The minimum Gasteiger partial charge on any atom is -0.381 e. The van der Waals surface area contributed by atoms with Crippen LogP contribution in [0.1, 0.15) is 50.8 Å². The predicted octanol–water partition coefficient (Wildman–Crippen LogP) is 3.49. The first-order chi connectivity index (χ1) is 10.3. The van der Waals surface area contributed by atoms with E-state index in [1.165, 1.54) is 11.1 Å². The van der Waals surface area contributed by atoms with E-state index in [1.54, 1.807) is 0 Å². The molecule has 0 radical (unpaired) electrons. The standard InChI is InChI=1S/C18H29NO2/c1-4-15-7-9-16(10-8-15)17(19-5-2)18(21-6-3)11-13-20-14-12-18/h7-10,17,19H,4-6,11-14H2,1-3H3. The van der Waals surface area contributed by atoms with E-state index >= 15 is 0 Å². The normalized spacial score (nSPS) is 19.4. The third kappa shape index (κ3) is 3.85. The molecule has 1 atom stereocenters. The van der Waals surface area contributed by atoms with Gasteiger partial charge >= 0.3 is 0 Å². The second-order valence-electron chi connectivity index (χ2n) is 5.70. The Morgan fingerprint density at radius 2 is 1.81 bits per heavy atom. The van der Waals surface area contributed by atoms with Crippen molar-refractivity contribution in [2.75, 3.05) is 26.4 Å². The molecule has 0 aromatic heterocycles. The summed E-state index contributed by atoms with van der Waals surface area (Å²) >= 11 is 0. The van der Waals surface area contributed by atoms with Gasteiger partial charge in [0.25, 0.3) is 0 Å². The molecular weight excluding hydrogens is 262 g/mol. The number of hydrogen-bond donors (Lipinski definition) is 1. The summed E-state index contributed by atoms with van der Waals surface area (Å²) in [7, 11) is 0. The first-order valence-corrected chi connectivity index (χ1v) is 8.29. The van der Waals surface area contributed by atoms with E-state index in [0.717, 1.165) is 45.6 Å². The van der Waals surface area contributed by atoms with Crippen LogP contribution in [-0.4, -0.2) is 32.0 Å². The summed E-state index contributed by atoms with van der Waals surface area (Å²) in [5.74, 6) is 0. The summed E-state index contributed by atoms with van der Waals surface area (Å²) in [6.45, 7) is 9.69. The highest BCUT2D eigenvalue weighted by Crippen LogP contribution is 2.38. The molecule has 1 saturated heterocycles. The van der Waals surface area contributed by atoms with Crippen LogP contribution < -0.4 is 5.32 Å². The summed E-state index contributed by atoms with van der Waals surface area (Å²) in [4.78, 5) is 0. The van der Waals surface area contributed by atoms with Crippen molar-refractivity contribution in [1.29, 1.82) is 0 Å². The quantitative estimate of drug-likeness (QED) is 0.834. The van der Waals surface area contributed by atoms with Gasteiger partial charge in [-0.1, -0.05) is 38.1 Å². The maximum Gasteiger partial charge on any atom is 0.0919 e. The number of ether oxygens (including phenoxy) is 2. The Morgan fingerprint density at radius 1 is 1.14 bits per heavy atom. The summed E-state index contributed by atoms with van der Waals surface area (Å²) in [5.41, 5.74) is 2.56. The summed E-state index contributed by atoms with van der Waals surface area (Å²) in [6.07, 6.45) is 2.98. The molecule has 1 aliphatic rings. The van der Waals surface area contributed by atoms with E-state index in [4.69, 9.17) is 9.47 Å². The summed E-state index contributed by atoms with van der Waals surface area (Å²) in [6, 6.07) is 9.21. The molecule has 1 N–H and O–H groups in total. The van der Waals surface area contributed by atoms with Crippen molar-refractivity contribution in [3.63, 3.8) is 0 Å². The SMILES string of the molecule is CCNC(c1ccc(CC)cc1)C1(OCC)CCOCC1. The molecule has 118 valence electrons. The smallest absolute Gasteiger partial charge is 0.0919 e. The molecule has 1 heterocycles. The zero-order valence-corrected chi connectivity index (χ0v) is 13.7. The summed E-state index contributed by atoms with van der Waals surface area (Å²) in [5, 5.41) is 3.65. The Morgan fingerprint density at radius 3 is 2.33 bits per heavy atom. The molecule has 1 aromatic rings. The molecule has 0 bridgehead atoms. The van der Waals surface area contributed by atoms with Crippen LogP contribution in [0.3, 0.4) is 0 Å². The van der Waals surface area contributed by atoms with Crippen molar-refractivity contribution in [3.8, 4) is 0 Å². The van der Waals surface area contributed by atoms with E-state index in [2.05, 4.69) is 50.4 Å². The van der Waals surface area contributed by atoms with Gasteiger partial charge in [-0.3, -0.25) is 0 Å². The van der Waals surface area contributed by atoms with Crippen molar-refractivity contribution in [3.05, 3.63) is 35.4 Å².